The van der Waals surface area contributed by atoms with Crippen LogP contribution in [0.5, 0.6) is 0 Å². The second-order valence-electron chi connectivity index (χ2n) is 5.75. The van der Waals surface area contributed by atoms with Crippen molar-refractivity contribution in [1.29, 1.82) is 0 Å². The first-order valence-corrected chi connectivity index (χ1v) is 7.15. The summed E-state index contributed by atoms with van der Waals surface area (Å²) in [4.78, 5) is 14.1. The molecule has 0 saturated carbocycles. The van der Waals surface area contributed by atoms with Gasteiger partial charge in [0.15, 0.2) is 0 Å². The number of nitrogens with zero attached hydrogens (tertiary/aromatic N) is 1. The van der Waals surface area contributed by atoms with Crippen LogP contribution in [0.3, 0.4) is 0 Å². The lowest BCUT2D eigenvalue weighted by Gasteiger charge is -2.34. The zero-order valence-corrected chi connectivity index (χ0v) is 12.5. The molecule has 0 aliphatic carbocycles. The van der Waals surface area contributed by atoms with Gasteiger partial charge in [-0.15, -0.1) is 0 Å². The van der Waals surface area contributed by atoms with Gasteiger partial charge in [0.25, 0.3) is 0 Å². The van der Waals surface area contributed by atoms with Crippen molar-refractivity contribution in [1.82, 2.24) is 4.90 Å². The third-order valence-corrected chi connectivity index (χ3v) is 3.99. The molecule has 0 spiro atoms. The van der Waals surface area contributed by atoms with Crippen molar-refractivity contribution in [2.75, 3.05) is 18.4 Å². The molecule has 2 rings (SSSR count). The van der Waals surface area contributed by atoms with Gasteiger partial charge in [0.1, 0.15) is 0 Å². The maximum absolute atomic E-state index is 12.2. The van der Waals surface area contributed by atoms with Gasteiger partial charge in [0, 0.05) is 23.8 Å². The molecule has 1 heterocycles. The number of hydrogen-bond donors (Lipinski definition) is 1. The molecule has 1 aromatic carbocycles. The van der Waals surface area contributed by atoms with E-state index in [-0.39, 0.29) is 6.03 Å². The molecule has 1 aromatic rings. The number of piperidine rings is 1. The number of amides is 2. The first-order valence-electron chi connectivity index (χ1n) is 6.77. The van der Waals surface area contributed by atoms with Gasteiger partial charge in [-0.25, -0.2) is 4.79 Å². The number of carbonyl (C=O) groups is 1. The number of hydrogen-bond acceptors (Lipinski definition) is 1. The number of nitrogens with one attached hydrogen (secondary N) is 1. The second-order valence-corrected chi connectivity index (χ2v) is 6.15. The summed E-state index contributed by atoms with van der Waals surface area (Å²) >= 11 is 6.06. The number of carbonyl (C=O) groups excluding carboxylic acids is 1. The smallest absolute Gasteiger partial charge is 0.321 e. The summed E-state index contributed by atoms with van der Waals surface area (Å²) < 4.78 is 0. The number of halogens is 1. The Morgan fingerprint density at radius 1 is 1.32 bits per heavy atom. The average Bonchev–Trinajstić information content (AvgIpc) is 2.32. The highest BCUT2D eigenvalue weighted by Gasteiger charge is 2.25. The molecule has 2 atom stereocenters. The van der Waals surface area contributed by atoms with Gasteiger partial charge in [-0.1, -0.05) is 31.5 Å². The van der Waals surface area contributed by atoms with Crippen molar-refractivity contribution < 1.29 is 4.79 Å². The number of likely N-dealkylation sites (tertiary alicyclic amines) is 1. The number of urea groups is 1. The van der Waals surface area contributed by atoms with Crippen LogP contribution in [0.1, 0.15) is 25.8 Å². The minimum absolute atomic E-state index is 0.0293. The van der Waals surface area contributed by atoms with Crippen molar-refractivity contribution in [2.45, 2.75) is 27.2 Å². The van der Waals surface area contributed by atoms with E-state index in [1.54, 1.807) is 6.07 Å². The van der Waals surface area contributed by atoms with E-state index >= 15 is 0 Å². The molecule has 1 fully saturated rings. The predicted octanol–water partition coefficient (Wildman–Crippen LogP) is 4.16. The lowest BCUT2D eigenvalue weighted by atomic mass is 9.92. The molecular weight excluding hydrogens is 260 g/mol. The van der Waals surface area contributed by atoms with E-state index in [9.17, 15) is 4.79 Å². The Bertz CT molecular complexity index is 465. The lowest BCUT2D eigenvalue weighted by molar-refractivity contribution is 0.156. The number of anilines is 1. The number of aryl methyl sites for hydroxylation is 1. The fourth-order valence-corrected chi connectivity index (χ4v) is 2.88. The molecule has 0 aromatic heterocycles. The molecule has 3 nitrogen and oxygen atoms in total. The molecule has 2 amide bonds. The van der Waals surface area contributed by atoms with Gasteiger partial charge in [-0.3, -0.25) is 0 Å². The third kappa shape index (κ3) is 3.63. The zero-order valence-electron chi connectivity index (χ0n) is 11.7. The molecule has 0 radical (unpaired) electrons. The van der Waals surface area contributed by atoms with E-state index in [2.05, 4.69) is 19.2 Å². The van der Waals surface area contributed by atoms with Crippen molar-refractivity contribution in [3.8, 4) is 0 Å². The molecule has 1 aliphatic rings. The van der Waals surface area contributed by atoms with Crippen LogP contribution in [0.4, 0.5) is 10.5 Å². The van der Waals surface area contributed by atoms with E-state index in [0.29, 0.717) is 16.9 Å². The van der Waals surface area contributed by atoms with Crippen LogP contribution in [0.25, 0.3) is 0 Å². The summed E-state index contributed by atoms with van der Waals surface area (Å²) in [7, 11) is 0. The quantitative estimate of drug-likeness (QED) is 0.823. The van der Waals surface area contributed by atoms with Gasteiger partial charge >= 0.3 is 6.03 Å². The van der Waals surface area contributed by atoms with Gasteiger partial charge in [0.2, 0.25) is 0 Å². The van der Waals surface area contributed by atoms with Crippen molar-refractivity contribution in [3.63, 3.8) is 0 Å². The fourth-order valence-electron chi connectivity index (χ4n) is 2.70. The zero-order chi connectivity index (χ0) is 14.0. The van der Waals surface area contributed by atoms with E-state index < -0.39 is 0 Å². The number of rotatable bonds is 1. The van der Waals surface area contributed by atoms with Crippen LogP contribution in [0.2, 0.25) is 5.02 Å². The topological polar surface area (TPSA) is 32.3 Å². The Labute approximate surface area is 119 Å². The molecule has 1 N–H and O–H groups in total. The average molecular weight is 281 g/mol. The molecular formula is C15H21ClN2O. The molecule has 4 heteroatoms. The van der Waals surface area contributed by atoms with Crippen LogP contribution in [-0.2, 0) is 0 Å². The monoisotopic (exact) mass is 280 g/mol. The van der Waals surface area contributed by atoms with Crippen LogP contribution in [0, 0.1) is 18.8 Å². The highest BCUT2D eigenvalue weighted by Crippen LogP contribution is 2.23. The normalized spacial score (nSPS) is 23.3. The summed E-state index contributed by atoms with van der Waals surface area (Å²) in [6.07, 6.45) is 1.19. The summed E-state index contributed by atoms with van der Waals surface area (Å²) in [5.74, 6) is 1.13. The summed E-state index contributed by atoms with van der Waals surface area (Å²) in [5.41, 5.74) is 1.77. The van der Waals surface area contributed by atoms with Crippen molar-refractivity contribution >= 4 is 23.3 Å². The van der Waals surface area contributed by atoms with E-state index in [0.717, 1.165) is 24.3 Å². The van der Waals surface area contributed by atoms with Crippen LogP contribution < -0.4 is 5.32 Å². The highest BCUT2D eigenvalue weighted by atomic mass is 35.5. The Kier molecular flexibility index (Phi) is 4.35. The van der Waals surface area contributed by atoms with Crippen molar-refractivity contribution in [3.05, 3.63) is 28.8 Å². The molecule has 104 valence electrons. The Hall–Kier alpha value is -1.22. The molecule has 1 aliphatic heterocycles. The molecule has 1 saturated heterocycles. The fraction of sp³-hybridized carbons (Fsp3) is 0.533. The van der Waals surface area contributed by atoms with Crippen LogP contribution in [-0.4, -0.2) is 24.0 Å². The maximum Gasteiger partial charge on any atom is 0.321 e. The van der Waals surface area contributed by atoms with Crippen molar-refractivity contribution in [2.24, 2.45) is 11.8 Å². The van der Waals surface area contributed by atoms with Gasteiger partial charge in [-0.2, -0.15) is 0 Å². The Balaban J connectivity index is 2.02. The summed E-state index contributed by atoms with van der Waals surface area (Å²) in [6.45, 7) is 7.99. The molecule has 0 bridgehead atoms. The largest absolute Gasteiger partial charge is 0.324 e. The number of benzene rings is 1. The van der Waals surface area contributed by atoms with Gasteiger partial charge in [-0.05, 0) is 42.9 Å². The summed E-state index contributed by atoms with van der Waals surface area (Å²) in [6, 6.07) is 5.57. The standard InChI is InChI=1S/C15H21ClN2O/c1-10-6-11(2)9-18(8-10)15(19)17-13-5-4-12(3)14(16)7-13/h4-5,7,10-11H,6,8-9H2,1-3H3,(H,17,19)/t10-,11-/m0/s1. The van der Waals surface area contributed by atoms with Crippen LogP contribution in [0.15, 0.2) is 18.2 Å². The first-order chi connectivity index (χ1) is 8.95. The lowest BCUT2D eigenvalue weighted by Crippen LogP contribution is -2.44. The van der Waals surface area contributed by atoms with Crippen LogP contribution >= 0.6 is 11.6 Å². The Morgan fingerprint density at radius 3 is 2.53 bits per heavy atom. The van der Waals surface area contributed by atoms with E-state index in [1.807, 2.05) is 24.0 Å². The first kappa shape index (κ1) is 14.2. The van der Waals surface area contributed by atoms with E-state index in [4.69, 9.17) is 11.6 Å². The molecule has 19 heavy (non-hydrogen) atoms. The third-order valence-electron chi connectivity index (χ3n) is 3.58. The predicted molar refractivity (Wildman–Crippen MR) is 79.7 cm³/mol. The summed E-state index contributed by atoms with van der Waals surface area (Å²) in [5, 5.41) is 3.60. The van der Waals surface area contributed by atoms with E-state index in [1.165, 1.54) is 6.42 Å². The second kappa shape index (κ2) is 5.83. The van der Waals surface area contributed by atoms with Gasteiger partial charge < -0.3 is 10.2 Å². The molecule has 0 unspecified atom stereocenters. The SMILES string of the molecule is Cc1ccc(NC(=O)N2C[C@@H](C)C[C@H](C)C2)cc1Cl. The maximum atomic E-state index is 12.2. The minimum atomic E-state index is -0.0293. The highest BCUT2D eigenvalue weighted by molar-refractivity contribution is 6.31. The van der Waals surface area contributed by atoms with Gasteiger partial charge in [0.05, 0.1) is 0 Å². The Morgan fingerprint density at radius 2 is 1.95 bits per heavy atom. The minimum Gasteiger partial charge on any atom is -0.324 e.